The summed E-state index contributed by atoms with van der Waals surface area (Å²) in [5.74, 6) is 2.01. The van der Waals surface area contributed by atoms with Crippen molar-refractivity contribution in [1.82, 2.24) is 15.1 Å². The molecule has 33 heavy (non-hydrogen) atoms. The van der Waals surface area contributed by atoms with Crippen molar-refractivity contribution in [2.75, 3.05) is 37.7 Å². The average molecular weight is 445 g/mol. The van der Waals surface area contributed by atoms with Crippen LogP contribution in [0.4, 0.5) is 5.82 Å². The van der Waals surface area contributed by atoms with Crippen molar-refractivity contribution < 1.29 is 9.53 Å². The molecule has 0 saturated carbocycles. The fourth-order valence-electron chi connectivity index (χ4n) is 4.03. The van der Waals surface area contributed by atoms with E-state index in [0.29, 0.717) is 19.0 Å². The minimum Gasteiger partial charge on any atom is -0.483 e. The number of carbonyl (C=O) groups is 1. The zero-order valence-electron chi connectivity index (χ0n) is 19.9. The van der Waals surface area contributed by atoms with E-state index in [-0.39, 0.29) is 12.5 Å². The van der Waals surface area contributed by atoms with E-state index in [2.05, 4.69) is 72.3 Å². The number of aromatic nitrogens is 2. The van der Waals surface area contributed by atoms with E-state index in [1.807, 2.05) is 30.0 Å². The van der Waals surface area contributed by atoms with Gasteiger partial charge in [0.25, 0.3) is 5.91 Å². The van der Waals surface area contributed by atoms with Crippen LogP contribution in [0.3, 0.4) is 0 Å². The second kappa shape index (κ2) is 10.0. The highest BCUT2D eigenvalue weighted by molar-refractivity contribution is 5.78. The fourth-order valence-corrected chi connectivity index (χ4v) is 4.03. The lowest BCUT2D eigenvalue weighted by atomic mass is 10.0. The highest BCUT2D eigenvalue weighted by atomic mass is 16.5. The van der Waals surface area contributed by atoms with Gasteiger partial charge in [-0.1, -0.05) is 55.8 Å². The molecule has 172 valence electrons. The monoisotopic (exact) mass is 444 g/mol. The first-order valence-corrected chi connectivity index (χ1v) is 11.6. The number of nitrogens with zero attached hydrogens (tertiary/aromatic N) is 4. The van der Waals surface area contributed by atoms with E-state index in [1.54, 1.807) is 0 Å². The number of amides is 1. The Hall–Kier alpha value is -3.41. The van der Waals surface area contributed by atoms with E-state index in [0.717, 1.165) is 47.0 Å². The van der Waals surface area contributed by atoms with Crippen molar-refractivity contribution in [2.45, 2.75) is 33.6 Å². The summed E-state index contributed by atoms with van der Waals surface area (Å²) < 4.78 is 5.94. The van der Waals surface area contributed by atoms with Crippen molar-refractivity contribution in [3.05, 3.63) is 71.3 Å². The van der Waals surface area contributed by atoms with Gasteiger partial charge in [0.15, 0.2) is 12.4 Å². The van der Waals surface area contributed by atoms with E-state index in [9.17, 15) is 4.79 Å². The van der Waals surface area contributed by atoms with Crippen LogP contribution < -0.4 is 9.64 Å². The zero-order chi connectivity index (χ0) is 23.4. The third-order valence-corrected chi connectivity index (χ3v) is 6.10. The number of rotatable bonds is 6. The van der Waals surface area contributed by atoms with Crippen molar-refractivity contribution >= 4 is 11.7 Å². The van der Waals surface area contributed by atoms with Crippen LogP contribution >= 0.6 is 0 Å². The molecule has 0 aliphatic carbocycles. The third kappa shape index (κ3) is 5.51. The molecule has 1 aromatic heterocycles. The molecular formula is C27H32N4O2. The summed E-state index contributed by atoms with van der Waals surface area (Å²) in [6, 6.07) is 18.5. The summed E-state index contributed by atoms with van der Waals surface area (Å²) >= 11 is 0. The molecule has 3 aromatic rings. The highest BCUT2D eigenvalue weighted by Gasteiger charge is 2.23. The molecule has 1 saturated heterocycles. The first-order valence-electron chi connectivity index (χ1n) is 11.6. The maximum Gasteiger partial charge on any atom is 0.260 e. The molecule has 0 spiro atoms. The number of hydrogen-bond donors (Lipinski definition) is 0. The van der Waals surface area contributed by atoms with Crippen molar-refractivity contribution in [3.63, 3.8) is 0 Å². The third-order valence-electron chi connectivity index (χ3n) is 6.10. The normalized spacial score (nSPS) is 14.0. The van der Waals surface area contributed by atoms with Gasteiger partial charge in [0.2, 0.25) is 0 Å². The van der Waals surface area contributed by atoms with Crippen LogP contribution in [-0.2, 0) is 4.79 Å². The lowest BCUT2D eigenvalue weighted by Gasteiger charge is -2.35. The number of hydrogen-bond acceptors (Lipinski definition) is 5. The van der Waals surface area contributed by atoms with Gasteiger partial charge in [-0.05, 0) is 49.1 Å². The van der Waals surface area contributed by atoms with Gasteiger partial charge in [0.05, 0.1) is 5.69 Å². The summed E-state index contributed by atoms with van der Waals surface area (Å²) in [4.78, 5) is 16.8. The number of benzene rings is 2. The summed E-state index contributed by atoms with van der Waals surface area (Å²) in [6.07, 6.45) is 0. The molecule has 2 aromatic carbocycles. The molecule has 1 aliphatic rings. The summed E-state index contributed by atoms with van der Waals surface area (Å²) in [5, 5.41) is 8.84. The Balaban J connectivity index is 1.31. The molecule has 6 heteroatoms. The van der Waals surface area contributed by atoms with E-state index in [4.69, 9.17) is 4.74 Å². The Kier molecular flexibility index (Phi) is 6.92. The first-order chi connectivity index (χ1) is 15.9. The summed E-state index contributed by atoms with van der Waals surface area (Å²) in [6.45, 7) is 11.2. The topological polar surface area (TPSA) is 58.6 Å². The Morgan fingerprint density at radius 3 is 2.24 bits per heavy atom. The molecule has 0 radical (unpaired) electrons. The zero-order valence-corrected chi connectivity index (χ0v) is 19.9. The molecule has 0 bridgehead atoms. The number of ether oxygens (including phenoxy) is 1. The van der Waals surface area contributed by atoms with Gasteiger partial charge in [-0.25, -0.2) is 0 Å². The van der Waals surface area contributed by atoms with Crippen LogP contribution in [0.15, 0.2) is 54.6 Å². The van der Waals surface area contributed by atoms with Gasteiger partial charge in [0, 0.05) is 31.7 Å². The lowest BCUT2D eigenvalue weighted by molar-refractivity contribution is -0.133. The predicted octanol–water partition coefficient (Wildman–Crippen LogP) is 4.61. The van der Waals surface area contributed by atoms with Gasteiger partial charge < -0.3 is 14.5 Å². The quantitative estimate of drug-likeness (QED) is 0.556. The van der Waals surface area contributed by atoms with Crippen LogP contribution in [0.25, 0.3) is 11.3 Å². The molecule has 1 aliphatic heterocycles. The van der Waals surface area contributed by atoms with E-state index < -0.39 is 0 Å². The predicted molar refractivity (Wildman–Crippen MR) is 132 cm³/mol. The Morgan fingerprint density at radius 2 is 1.61 bits per heavy atom. The van der Waals surface area contributed by atoms with Crippen LogP contribution in [0.5, 0.6) is 5.75 Å². The largest absolute Gasteiger partial charge is 0.483 e. The van der Waals surface area contributed by atoms with Crippen molar-refractivity contribution in [2.24, 2.45) is 0 Å². The second-order valence-corrected chi connectivity index (χ2v) is 9.00. The number of carbonyl (C=O) groups excluding carboxylic acids is 1. The standard InChI is InChI=1S/C27H32N4O2/c1-19(2)23-10-7-21(4)17-25(23)33-18-27(32)31-15-13-30(14-16-31)26-12-11-24(28-29-26)22-8-5-20(3)6-9-22/h5-12,17,19H,13-16,18H2,1-4H3. The Morgan fingerprint density at radius 1 is 0.909 bits per heavy atom. The molecule has 1 fully saturated rings. The minimum absolute atomic E-state index is 0.0201. The average Bonchev–Trinajstić information content (AvgIpc) is 2.83. The SMILES string of the molecule is Cc1ccc(-c2ccc(N3CCN(C(=O)COc4cc(C)ccc4C(C)C)CC3)nn2)cc1. The Labute approximate surface area is 196 Å². The number of piperazine rings is 1. The fraction of sp³-hybridized carbons (Fsp3) is 0.370. The number of anilines is 1. The smallest absolute Gasteiger partial charge is 0.260 e. The van der Waals surface area contributed by atoms with Crippen LogP contribution in [0.1, 0.15) is 36.5 Å². The summed E-state index contributed by atoms with van der Waals surface area (Å²) in [5.41, 5.74) is 5.40. The molecule has 4 rings (SSSR count). The number of aryl methyl sites for hydroxylation is 2. The van der Waals surface area contributed by atoms with Gasteiger partial charge in [-0.15, -0.1) is 10.2 Å². The van der Waals surface area contributed by atoms with Gasteiger partial charge in [-0.2, -0.15) is 0 Å². The van der Waals surface area contributed by atoms with E-state index >= 15 is 0 Å². The molecule has 6 nitrogen and oxygen atoms in total. The van der Waals surface area contributed by atoms with Gasteiger partial charge in [0.1, 0.15) is 5.75 Å². The van der Waals surface area contributed by atoms with Crippen molar-refractivity contribution in [1.29, 1.82) is 0 Å². The maximum atomic E-state index is 12.8. The van der Waals surface area contributed by atoms with E-state index in [1.165, 1.54) is 5.56 Å². The maximum absolute atomic E-state index is 12.8. The highest BCUT2D eigenvalue weighted by Crippen LogP contribution is 2.27. The molecule has 0 atom stereocenters. The molecule has 2 heterocycles. The van der Waals surface area contributed by atoms with Crippen molar-refractivity contribution in [3.8, 4) is 17.0 Å². The second-order valence-electron chi connectivity index (χ2n) is 9.00. The van der Waals surface area contributed by atoms with Crippen LogP contribution in [0, 0.1) is 13.8 Å². The van der Waals surface area contributed by atoms with Gasteiger partial charge >= 0.3 is 0 Å². The van der Waals surface area contributed by atoms with Crippen LogP contribution in [-0.4, -0.2) is 53.8 Å². The Bertz CT molecular complexity index is 1090. The van der Waals surface area contributed by atoms with Gasteiger partial charge in [-0.3, -0.25) is 4.79 Å². The molecular weight excluding hydrogens is 412 g/mol. The van der Waals surface area contributed by atoms with Crippen LogP contribution in [0.2, 0.25) is 0 Å². The first kappa shape index (κ1) is 22.8. The molecule has 0 N–H and O–H groups in total. The molecule has 1 amide bonds. The lowest BCUT2D eigenvalue weighted by Crippen LogP contribution is -2.50. The summed E-state index contributed by atoms with van der Waals surface area (Å²) in [7, 11) is 0. The minimum atomic E-state index is 0.0201. The molecule has 0 unspecified atom stereocenters.